The van der Waals surface area contributed by atoms with Gasteiger partial charge in [0, 0.05) is 0 Å². The van der Waals surface area contributed by atoms with E-state index >= 15 is 0 Å². The van der Waals surface area contributed by atoms with Crippen molar-refractivity contribution in [3.05, 3.63) is 37.5 Å². The van der Waals surface area contributed by atoms with Crippen LogP contribution in [0.3, 0.4) is 0 Å². The second-order valence-corrected chi connectivity index (χ2v) is 5.94. The van der Waals surface area contributed by atoms with Gasteiger partial charge in [-0.2, -0.15) is 0 Å². The molecule has 0 amide bonds. The molecule has 0 rings (SSSR count). The molecule has 0 aromatic rings. The Morgan fingerprint density at radius 1 is 0.800 bits per heavy atom. The molecule has 1 atom stereocenters. The Hall–Kier alpha value is -0.780. The quantitative estimate of drug-likeness (QED) is 0.228. The molecule has 25 heavy (non-hydrogen) atoms. The lowest BCUT2D eigenvalue weighted by molar-refractivity contribution is 0.426. The number of allylic oxidation sites excluding steroid dienone is 3. The van der Waals surface area contributed by atoms with Crippen LogP contribution in [0.4, 0.5) is 0 Å². The summed E-state index contributed by atoms with van der Waals surface area (Å²) < 4.78 is 0. The van der Waals surface area contributed by atoms with Crippen LogP contribution in [0, 0.1) is 5.92 Å². The molecule has 0 aliphatic carbocycles. The molecule has 0 aromatic heterocycles. The largest absolute Gasteiger partial charge is 0.103 e. The molecule has 0 bridgehead atoms. The molecule has 0 saturated carbocycles. The first-order chi connectivity index (χ1) is 12.2. The maximum Gasteiger partial charge on any atom is -0.0323 e. The molecule has 0 heterocycles. The smallest absolute Gasteiger partial charge is 0.0323 e. The summed E-state index contributed by atoms with van der Waals surface area (Å²) >= 11 is 0. The van der Waals surface area contributed by atoms with Gasteiger partial charge in [-0.3, -0.25) is 0 Å². The fourth-order valence-corrected chi connectivity index (χ4v) is 2.30. The van der Waals surface area contributed by atoms with Crippen molar-refractivity contribution in [1.29, 1.82) is 0 Å². The second kappa shape index (κ2) is 34.5. The van der Waals surface area contributed by atoms with Crippen LogP contribution in [0.15, 0.2) is 37.5 Å². The topological polar surface area (TPSA) is 0 Å². The third-order valence-corrected chi connectivity index (χ3v) is 3.92. The molecule has 0 nitrogen and oxygen atoms in total. The van der Waals surface area contributed by atoms with Gasteiger partial charge in [0.05, 0.1) is 0 Å². The maximum absolute atomic E-state index is 4.20. The van der Waals surface area contributed by atoms with E-state index in [1.54, 1.807) is 0 Å². The van der Waals surface area contributed by atoms with Crippen molar-refractivity contribution in [1.82, 2.24) is 0 Å². The minimum absolute atomic E-state index is 0.899. The van der Waals surface area contributed by atoms with Crippen molar-refractivity contribution in [3.8, 4) is 0 Å². The standard InChI is InChI=1S/C17H32.C4H8.2C2H6/c1-5-8-10-12-16(4)13-11-15-17(7-3)14-9-6-2;1-3-4-2;2*1-2/h6,17H,2,4-5,7-15H2,1,3H3;3H,1,4H2,2H3;2*1-2H3. The predicted octanol–water partition coefficient (Wildman–Crippen LogP) is 9.92. The second-order valence-electron chi connectivity index (χ2n) is 5.94. The summed E-state index contributed by atoms with van der Waals surface area (Å²) in [5.41, 5.74) is 1.47. The molecule has 1 unspecified atom stereocenters. The highest BCUT2D eigenvalue weighted by atomic mass is 14.1. The van der Waals surface area contributed by atoms with E-state index in [1.165, 1.54) is 69.8 Å². The van der Waals surface area contributed by atoms with Crippen molar-refractivity contribution < 1.29 is 0 Å². The highest BCUT2D eigenvalue weighted by molar-refractivity contribution is 4.93. The van der Waals surface area contributed by atoms with Crippen LogP contribution in [0.2, 0.25) is 0 Å². The van der Waals surface area contributed by atoms with Crippen LogP contribution >= 0.6 is 0 Å². The van der Waals surface area contributed by atoms with Crippen LogP contribution < -0.4 is 0 Å². The molecular weight excluding hydrogens is 300 g/mol. The van der Waals surface area contributed by atoms with Crippen LogP contribution in [0.1, 0.15) is 119 Å². The molecular formula is C25H52. The van der Waals surface area contributed by atoms with E-state index in [9.17, 15) is 0 Å². The summed E-state index contributed by atoms with van der Waals surface area (Å²) in [6.07, 6.45) is 18.0. The summed E-state index contributed by atoms with van der Waals surface area (Å²) in [5.74, 6) is 0.899. The first kappa shape index (κ1) is 31.9. The van der Waals surface area contributed by atoms with E-state index < -0.39 is 0 Å². The molecule has 0 radical (unpaired) electrons. The van der Waals surface area contributed by atoms with Crippen LogP contribution in [-0.2, 0) is 0 Å². The maximum atomic E-state index is 4.20. The average molecular weight is 353 g/mol. The van der Waals surface area contributed by atoms with Crippen molar-refractivity contribution in [2.24, 2.45) is 5.92 Å². The van der Waals surface area contributed by atoms with E-state index in [4.69, 9.17) is 0 Å². The monoisotopic (exact) mass is 352 g/mol. The Morgan fingerprint density at radius 2 is 1.32 bits per heavy atom. The third-order valence-electron chi connectivity index (χ3n) is 3.92. The zero-order valence-electron chi connectivity index (χ0n) is 19.1. The number of hydrogen-bond donors (Lipinski definition) is 0. The zero-order valence-corrected chi connectivity index (χ0v) is 19.1. The highest BCUT2D eigenvalue weighted by Gasteiger charge is 2.05. The van der Waals surface area contributed by atoms with Gasteiger partial charge in [0.2, 0.25) is 0 Å². The van der Waals surface area contributed by atoms with Crippen LogP contribution in [0.5, 0.6) is 0 Å². The van der Waals surface area contributed by atoms with E-state index in [0.29, 0.717) is 0 Å². The number of unbranched alkanes of at least 4 members (excludes halogenated alkanes) is 2. The fraction of sp³-hybridized carbons (Fsp3) is 0.760. The van der Waals surface area contributed by atoms with Gasteiger partial charge in [0.1, 0.15) is 0 Å². The molecule has 0 heteroatoms. The summed E-state index contributed by atoms with van der Waals surface area (Å²) in [5, 5.41) is 0. The van der Waals surface area contributed by atoms with Gasteiger partial charge < -0.3 is 0 Å². The minimum Gasteiger partial charge on any atom is -0.103 e. The zero-order chi connectivity index (χ0) is 20.3. The van der Waals surface area contributed by atoms with E-state index in [0.717, 1.165) is 12.3 Å². The molecule has 0 saturated heterocycles. The summed E-state index contributed by atoms with van der Waals surface area (Å²) in [4.78, 5) is 0. The Morgan fingerprint density at radius 3 is 1.72 bits per heavy atom. The lowest BCUT2D eigenvalue weighted by atomic mass is 9.92. The van der Waals surface area contributed by atoms with Gasteiger partial charge in [-0.15, -0.1) is 13.2 Å². The SMILES string of the molecule is C=CCC.C=CCCC(CC)CCCC(=C)CCCCC.CC.CC. The number of hydrogen-bond acceptors (Lipinski definition) is 0. The van der Waals surface area contributed by atoms with Crippen molar-refractivity contribution in [3.63, 3.8) is 0 Å². The average Bonchev–Trinajstić information content (AvgIpc) is 2.68. The van der Waals surface area contributed by atoms with Gasteiger partial charge in [-0.05, 0) is 50.9 Å². The summed E-state index contributed by atoms with van der Waals surface area (Å²) in [7, 11) is 0. The molecule has 152 valence electrons. The molecule has 0 aromatic carbocycles. The van der Waals surface area contributed by atoms with E-state index in [2.05, 4.69) is 40.5 Å². The minimum atomic E-state index is 0.899. The Labute approximate surface area is 162 Å². The van der Waals surface area contributed by atoms with E-state index in [-0.39, 0.29) is 0 Å². The normalized spacial score (nSPS) is 9.88. The van der Waals surface area contributed by atoms with Crippen molar-refractivity contribution >= 4 is 0 Å². The Bertz CT molecular complexity index is 236. The van der Waals surface area contributed by atoms with Gasteiger partial charge in [-0.1, -0.05) is 98.5 Å². The number of rotatable bonds is 13. The summed E-state index contributed by atoms with van der Waals surface area (Å²) in [6, 6.07) is 0. The van der Waals surface area contributed by atoms with Gasteiger partial charge in [-0.25, -0.2) is 0 Å². The first-order valence-electron chi connectivity index (χ1n) is 11.0. The van der Waals surface area contributed by atoms with Crippen molar-refractivity contribution in [2.75, 3.05) is 0 Å². The molecule has 0 spiro atoms. The Kier molecular flexibility index (Phi) is 44.1. The van der Waals surface area contributed by atoms with Gasteiger partial charge >= 0.3 is 0 Å². The van der Waals surface area contributed by atoms with Gasteiger partial charge in [0.25, 0.3) is 0 Å². The van der Waals surface area contributed by atoms with Crippen molar-refractivity contribution in [2.45, 2.75) is 119 Å². The third kappa shape index (κ3) is 35.3. The fourth-order valence-electron chi connectivity index (χ4n) is 2.30. The first-order valence-corrected chi connectivity index (χ1v) is 11.0. The Balaban J connectivity index is -0.000000234. The highest BCUT2D eigenvalue weighted by Crippen LogP contribution is 2.21. The molecule has 0 aliphatic rings. The van der Waals surface area contributed by atoms with Crippen LogP contribution in [0.25, 0.3) is 0 Å². The summed E-state index contributed by atoms with van der Waals surface area (Å²) in [6.45, 7) is 26.1. The van der Waals surface area contributed by atoms with Crippen LogP contribution in [-0.4, -0.2) is 0 Å². The lowest BCUT2D eigenvalue weighted by Crippen LogP contribution is -1.98. The molecule has 0 fully saturated rings. The predicted molar refractivity (Wildman–Crippen MR) is 124 cm³/mol. The van der Waals surface area contributed by atoms with E-state index in [1.807, 2.05) is 39.8 Å². The van der Waals surface area contributed by atoms with Gasteiger partial charge in [0.15, 0.2) is 0 Å². The molecule has 0 N–H and O–H groups in total. The lowest BCUT2D eigenvalue weighted by Gasteiger charge is -2.14. The molecule has 0 aliphatic heterocycles.